The van der Waals surface area contributed by atoms with Gasteiger partial charge in [-0.1, -0.05) is 24.3 Å². The molecule has 0 radical (unpaired) electrons. The Hall–Kier alpha value is -2.38. The van der Waals surface area contributed by atoms with Gasteiger partial charge >= 0.3 is 10.2 Å². The van der Waals surface area contributed by atoms with E-state index in [1.807, 2.05) is 46.8 Å². The van der Waals surface area contributed by atoms with Crippen molar-refractivity contribution in [3.63, 3.8) is 0 Å². The molecule has 2 aromatic carbocycles. The Balaban J connectivity index is 2.33. The highest BCUT2D eigenvalue weighted by Crippen LogP contribution is 2.26. The number of anilines is 1. The molecular formula is C23H33N3O3S. The highest BCUT2D eigenvalue weighted by atomic mass is 32.2. The standard InChI is InChI=1S/C23H33N3O3S/c1-15-9-10-16(2)22(11-15)26(30(28,29)25(7)8)14-23(27)24-20(6)21-13-18(4)17(3)12-19(21)5/h9-13,20H,14H2,1-8H3,(H,24,27)/t20-/m0/s1. The summed E-state index contributed by atoms with van der Waals surface area (Å²) in [5, 5.41) is 2.97. The lowest BCUT2D eigenvalue weighted by Gasteiger charge is -2.29. The average molecular weight is 432 g/mol. The van der Waals surface area contributed by atoms with Gasteiger partial charge in [-0.2, -0.15) is 12.7 Å². The van der Waals surface area contributed by atoms with Crippen molar-refractivity contribution in [1.29, 1.82) is 0 Å². The summed E-state index contributed by atoms with van der Waals surface area (Å²) >= 11 is 0. The molecule has 0 saturated heterocycles. The summed E-state index contributed by atoms with van der Waals surface area (Å²) in [5.74, 6) is -0.355. The number of aryl methyl sites for hydroxylation is 5. The number of hydrogen-bond acceptors (Lipinski definition) is 3. The van der Waals surface area contributed by atoms with Crippen molar-refractivity contribution in [2.75, 3.05) is 24.9 Å². The van der Waals surface area contributed by atoms with E-state index in [-0.39, 0.29) is 18.5 Å². The van der Waals surface area contributed by atoms with Crippen LogP contribution in [0, 0.1) is 34.6 Å². The fraction of sp³-hybridized carbons (Fsp3) is 0.435. The van der Waals surface area contributed by atoms with Crippen LogP contribution in [0.1, 0.15) is 46.3 Å². The van der Waals surface area contributed by atoms with Gasteiger partial charge in [0.25, 0.3) is 0 Å². The van der Waals surface area contributed by atoms with Crippen LogP contribution in [0.5, 0.6) is 0 Å². The third kappa shape index (κ3) is 5.21. The van der Waals surface area contributed by atoms with Crippen LogP contribution in [-0.2, 0) is 15.0 Å². The third-order valence-electron chi connectivity index (χ3n) is 5.39. The van der Waals surface area contributed by atoms with Gasteiger partial charge in [-0.25, -0.2) is 4.31 Å². The molecule has 0 aliphatic rings. The van der Waals surface area contributed by atoms with Crippen LogP contribution < -0.4 is 9.62 Å². The Bertz CT molecular complexity index is 1050. The number of nitrogens with one attached hydrogen (secondary N) is 1. The van der Waals surface area contributed by atoms with Crippen molar-refractivity contribution in [1.82, 2.24) is 9.62 Å². The van der Waals surface area contributed by atoms with E-state index in [2.05, 4.69) is 24.4 Å². The summed E-state index contributed by atoms with van der Waals surface area (Å²) < 4.78 is 28.3. The van der Waals surface area contributed by atoms with Crippen LogP contribution in [0.15, 0.2) is 30.3 Å². The number of carbonyl (C=O) groups excluding carboxylic acids is 1. The van der Waals surface area contributed by atoms with Crippen molar-refractivity contribution in [3.8, 4) is 0 Å². The van der Waals surface area contributed by atoms with Crippen LogP contribution in [0.2, 0.25) is 0 Å². The molecule has 0 aromatic heterocycles. The number of carbonyl (C=O) groups is 1. The van der Waals surface area contributed by atoms with Gasteiger partial charge in [0.1, 0.15) is 6.54 Å². The summed E-state index contributed by atoms with van der Waals surface area (Å²) in [5.41, 5.74) is 6.70. The van der Waals surface area contributed by atoms with Gasteiger partial charge < -0.3 is 5.32 Å². The van der Waals surface area contributed by atoms with E-state index in [4.69, 9.17) is 0 Å². The minimum atomic E-state index is -3.84. The number of benzene rings is 2. The van der Waals surface area contributed by atoms with E-state index < -0.39 is 10.2 Å². The molecule has 2 rings (SSSR count). The highest BCUT2D eigenvalue weighted by molar-refractivity contribution is 7.90. The maximum Gasteiger partial charge on any atom is 0.304 e. The molecule has 7 heteroatoms. The topological polar surface area (TPSA) is 69.7 Å². The molecule has 0 spiro atoms. The monoisotopic (exact) mass is 431 g/mol. The molecular weight excluding hydrogens is 398 g/mol. The van der Waals surface area contributed by atoms with Gasteiger partial charge in [0, 0.05) is 14.1 Å². The molecule has 0 unspecified atom stereocenters. The summed E-state index contributed by atoms with van der Waals surface area (Å²) in [6.45, 7) is 11.5. The van der Waals surface area contributed by atoms with Gasteiger partial charge in [-0.3, -0.25) is 4.79 Å². The van der Waals surface area contributed by atoms with Crippen LogP contribution in [0.4, 0.5) is 5.69 Å². The minimum absolute atomic E-state index is 0.237. The molecule has 30 heavy (non-hydrogen) atoms. The Kier molecular flexibility index (Phi) is 7.31. The fourth-order valence-corrected chi connectivity index (χ4v) is 4.54. The predicted octanol–water partition coefficient (Wildman–Crippen LogP) is 3.72. The van der Waals surface area contributed by atoms with Crippen molar-refractivity contribution in [2.24, 2.45) is 0 Å². The van der Waals surface area contributed by atoms with Gasteiger partial charge in [0.15, 0.2) is 0 Å². The van der Waals surface area contributed by atoms with Gasteiger partial charge in [-0.15, -0.1) is 0 Å². The molecule has 0 saturated carbocycles. The number of hydrogen-bond donors (Lipinski definition) is 1. The van der Waals surface area contributed by atoms with Crippen molar-refractivity contribution < 1.29 is 13.2 Å². The lowest BCUT2D eigenvalue weighted by Crippen LogP contribution is -2.46. The molecule has 0 aliphatic carbocycles. The van der Waals surface area contributed by atoms with Crippen LogP contribution in [-0.4, -0.2) is 39.3 Å². The molecule has 1 atom stereocenters. The molecule has 6 nitrogen and oxygen atoms in total. The second kappa shape index (κ2) is 9.18. The Morgan fingerprint density at radius 1 is 0.933 bits per heavy atom. The lowest BCUT2D eigenvalue weighted by atomic mass is 9.96. The Morgan fingerprint density at radius 2 is 1.53 bits per heavy atom. The number of amides is 1. The third-order valence-corrected chi connectivity index (χ3v) is 7.19. The van der Waals surface area contributed by atoms with E-state index in [0.29, 0.717) is 5.69 Å². The Labute approximate surface area is 181 Å². The molecule has 2 aromatic rings. The van der Waals surface area contributed by atoms with Crippen molar-refractivity contribution >= 4 is 21.8 Å². The summed E-state index contributed by atoms with van der Waals surface area (Å²) in [4.78, 5) is 12.9. The molecule has 164 valence electrons. The van der Waals surface area contributed by atoms with Crippen molar-refractivity contribution in [3.05, 3.63) is 63.7 Å². The van der Waals surface area contributed by atoms with Gasteiger partial charge in [0.2, 0.25) is 5.91 Å². The summed E-state index contributed by atoms with van der Waals surface area (Å²) in [7, 11) is -0.912. The lowest BCUT2D eigenvalue weighted by molar-refractivity contribution is -0.120. The second-order valence-corrected chi connectivity index (χ2v) is 10.2. The van der Waals surface area contributed by atoms with E-state index in [9.17, 15) is 13.2 Å². The fourth-order valence-electron chi connectivity index (χ4n) is 3.42. The predicted molar refractivity (Wildman–Crippen MR) is 123 cm³/mol. The molecule has 1 amide bonds. The Morgan fingerprint density at radius 3 is 2.13 bits per heavy atom. The average Bonchev–Trinajstić information content (AvgIpc) is 2.64. The van der Waals surface area contributed by atoms with E-state index >= 15 is 0 Å². The second-order valence-electron chi connectivity index (χ2n) is 8.17. The van der Waals surface area contributed by atoms with E-state index in [1.54, 1.807) is 6.07 Å². The largest absolute Gasteiger partial charge is 0.348 e. The molecule has 0 bridgehead atoms. The SMILES string of the molecule is Cc1ccc(C)c(N(CC(=O)N[C@@H](C)c2cc(C)c(C)cc2C)S(=O)(=O)N(C)C)c1. The molecule has 0 fully saturated rings. The number of rotatable bonds is 7. The summed E-state index contributed by atoms with van der Waals surface area (Å²) in [6.07, 6.45) is 0. The molecule has 1 N–H and O–H groups in total. The van der Waals surface area contributed by atoms with Gasteiger partial charge in [-0.05, 0) is 81.0 Å². The quantitative estimate of drug-likeness (QED) is 0.726. The smallest absolute Gasteiger partial charge is 0.304 e. The zero-order valence-electron chi connectivity index (χ0n) is 19.2. The first-order chi connectivity index (χ1) is 13.8. The zero-order valence-corrected chi connectivity index (χ0v) is 20.0. The van der Waals surface area contributed by atoms with E-state index in [1.165, 1.54) is 24.0 Å². The van der Waals surface area contributed by atoms with Gasteiger partial charge in [0.05, 0.1) is 11.7 Å². The first kappa shape index (κ1) is 23.9. The minimum Gasteiger partial charge on any atom is -0.348 e. The van der Waals surface area contributed by atoms with Crippen molar-refractivity contribution in [2.45, 2.75) is 47.6 Å². The normalized spacial score (nSPS) is 12.7. The zero-order chi connectivity index (χ0) is 22.8. The maximum absolute atomic E-state index is 13.0. The highest BCUT2D eigenvalue weighted by Gasteiger charge is 2.29. The number of nitrogens with zero attached hydrogens (tertiary/aromatic N) is 2. The van der Waals surface area contributed by atoms with Crippen LogP contribution in [0.25, 0.3) is 0 Å². The molecule has 0 heterocycles. The summed E-state index contributed by atoms with van der Waals surface area (Å²) in [6, 6.07) is 9.52. The first-order valence-corrected chi connectivity index (χ1v) is 11.4. The first-order valence-electron chi connectivity index (χ1n) is 9.99. The molecule has 0 aliphatic heterocycles. The maximum atomic E-state index is 13.0. The van der Waals surface area contributed by atoms with Crippen LogP contribution in [0.3, 0.4) is 0 Å². The van der Waals surface area contributed by atoms with E-state index in [0.717, 1.165) is 32.1 Å². The van der Waals surface area contributed by atoms with Crippen LogP contribution >= 0.6 is 0 Å².